The smallest absolute Gasteiger partial charge is 0.120 e. The number of allylic oxidation sites excluding steroid dienone is 1. The molecule has 2 rings (SSSR count). The van der Waals surface area contributed by atoms with E-state index >= 15 is 0 Å². The molecule has 0 saturated heterocycles. The van der Waals surface area contributed by atoms with Gasteiger partial charge in [-0.1, -0.05) is 17.2 Å². The van der Waals surface area contributed by atoms with E-state index in [9.17, 15) is 9.90 Å². The second kappa shape index (κ2) is 4.09. The van der Waals surface area contributed by atoms with Gasteiger partial charge in [0, 0.05) is 17.8 Å². The number of carbonyl (C=O) groups excluding carboxylic acids is 1. The summed E-state index contributed by atoms with van der Waals surface area (Å²) in [6.07, 6.45) is 7.11. The highest BCUT2D eigenvalue weighted by molar-refractivity contribution is 5.54. The van der Waals surface area contributed by atoms with E-state index in [1.54, 1.807) is 0 Å². The van der Waals surface area contributed by atoms with Gasteiger partial charge in [0.2, 0.25) is 0 Å². The quantitative estimate of drug-likeness (QED) is 0.586. The van der Waals surface area contributed by atoms with Gasteiger partial charge in [-0.05, 0) is 39.5 Å². The van der Waals surface area contributed by atoms with Crippen LogP contribution in [0.25, 0.3) is 0 Å². The molecule has 2 heteroatoms. The molecule has 0 unspecified atom stereocenters. The Morgan fingerprint density at radius 1 is 1.71 bits per heavy atom. The average molecular weight is 234 g/mol. The molecule has 17 heavy (non-hydrogen) atoms. The lowest BCUT2D eigenvalue weighted by molar-refractivity contribution is -0.114. The van der Waals surface area contributed by atoms with Crippen molar-refractivity contribution in [2.24, 2.45) is 11.3 Å². The van der Waals surface area contributed by atoms with E-state index in [0.29, 0.717) is 6.42 Å². The number of aliphatic hydroxyl groups is 1. The van der Waals surface area contributed by atoms with Crippen molar-refractivity contribution in [3.63, 3.8) is 0 Å². The van der Waals surface area contributed by atoms with E-state index in [0.717, 1.165) is 37.5 Å². The standard InChI is InChI=1S/C15H22O2/c1-11(2)4-7-15(17)13-5-6-14(15,8-9-16)10-12(13)3/h9-10,13,17H,1,4-8H2,2-3H3/t13-,14-,15-/m0/s1. The number of hydrogen-bond acceptors (Lipinski definition) is 2. The van der Waals surface area contributed by atoms with Gasteiger partial charge in [-0.25, -0.2) is 0 Å². The second-order valence-corrected chi connectivity index (χ2v) is 5.89. The lowest BCUT2D eigenvalue weighted by atomic mass is 9.71. The van der Waals surface area contributed by atoms with Gasteiger partial charge in [-0.2, -0.15) is 0 Å². The maximum atomic E-state index is 11.0. The van der Waals surface area contributed by atoms with E-state index in [-0.39, 0.29) is 11.3 Å². The van der Waals surface area contributed by atoms with E-state index in [1.165, 1.54) is 5.57 Å². The molecule has 0 radical (unpaired) electrons. The molecule has 2 aliphatic carbocycles. The first kappa shape index (κ1) is 12.6. The first-order valence-corrected chi connectivity index (χ1v) is 6.45. The molecule has 2 aliphatic rings. The molecule has 0 aromatic carbocycles. The van der Waals surface area contributed by atoms with Gasteiger partial charge in [0.05, 0.1) is 5.60 Å². The highest BCUT2D eigenvalue weighted by Crippen LogP contribution is 2.62. The Labute approximate surface area is 103 Å². The third-order valence-electron chi connectivity index (χ3n) is 4.75. The SMILES string of the molecule is C=C(C)CC[C@]1(O)[C@H]2CC[C@]1(CC=O)C=C2C. The van der Waals surface area contributed by atoms with Crippen LogP contribution in [-0.4, -0.2) is 17.0 Å². The zero-order chi connectivity index (χ0) is 12.7. The molecule has 0 aliphatic heterocycles. The second-order valence-electron chi connectivity index (χ2n) is 5.89. The molecule has 1 N–H and O–H groups in total. The van der Waals surface area contributed by atoms with Gasteiger partial charge in [-0.15, -0.1) is 6.58 Å². The van der Waals surface area contributed by atoms with Gasteiger partial charge in [-0.3, -0.25) is 0 Å². The molecule has 0 spiro atoms. The Morgan fingerprint density at radius 2 is 2.41 bits per heavy atom. The summed E-state index contributed by atoms with van der Waals surface area (Å²) in [5, 5.41) is 11.0. The summed E-state index contributed by atoms with van der Waals surface area (Å²) in [5.41, 5.74) is 1.36. The molecule has 94 valence electrons. The lowest BCUT2D eigenvalue weighted by Gasteiger charge is -2.38. The number of rotatable bonds is 5. The largest absolute Gasteiger partial charge is 0.388 e. The molecule has 0 amide bonds. The minimum atomic E-state index is -0.711. The Morgan fingerprint density at radius 3 is 2.94 bits per heavy atom. The van der Waals surface area contributed by atoms with Crippen molar-refractivity contribution in [3.05, 3.63) is 23.8 Å². The van der Waals surface area contributed by atoms with Crippen LogP contribution in [0.3, 0.4) is 0 Å². The maximum Gasteiger partial charge on any atom is 0.120 e. The van der Waals surface area contributed by atoms with Crippen molar-refractivity contribution in [3.8, 4) is 0 Å². The van der Waals surface area contributed by atoms with E-state index < -0.39 is 5.60 Å². The fraction of sp³-hybridized carbons (Fsp3) is 0.667. The van der Waals surface area contributed by atoms with Crippen molar-refractivity contribution < 1.29 is 9.90 Å². The molecule has 3 atom stereocenters. The summed E-state index contributed by atoms with van der Waals surface area (Å²) in [7, 11) is 0. The van der Waals surface area contributed by atoms with E-state index in [2.05, 4.69) is 19.6 Å². The van der Waals surface area contributed by atoms with Gasteiger partial charge < -0.3 is 9.90 Å². The van der Waals surface area contributed by atoms with Crippen molar-refractivity contribution >= 4 is 6.29 Å². The molecule has 0 aromatic heterocycles. The molecule has 0 heterocycles. The van der Waals surface area contributed by atoms with Crippen molar-refractivity contribution in [2.45, 2.75) is 51.6 Å². The number of carbonyl (C=O) groups is 1. The van der Waals surface area contributed by atoms with Gasteiger partial charge in [0.15, 0.2) is 0 Å². The van der Waals surface area contributed by atoms with E-state index in [1.807, 2.05) is 6.92 Å². The topological polar surface area (TPSA) is 37.3 Å². The normalized spacial score (nSPS) is 39.2. The van der Waals surface area contributed by atoms with Crippen LogP contribution < -0.4 is 0 Å². The first-order chi connectivity index (χ1) is 7.95. The van der Waals surface area contributed by atoms with E-state index in [4.69, 9.17) is 0 Å². The zero-order valence-electron chi connectivity index (χ0n) is 10.8. The molecular formula is C15H22O2. The Hall–Kier alpha value is -0.890. The summed E-state index contributed by atoms with van der Waals surface area (Å²) in [6, 6.07) is 0. The monoisotopic (exact) mass is 234 g/mol. The lowest BCUT2D eigenvalue weighted by Crippen LogP contribution is -2.44. The predicted molar refractivity (Wildman–Crippen MR) is 68.6 cm³/mol. The highest BCUT2D eigenvalue weighted by atomic mass is 16.3. The van der Waals surface area contributed by atoms with Crippen molar-refractivity contribution in [2.75, 3.05) is 0 Å². The molecule has 2 nitrogen and oxygen atoms in total. The van der Waals surface area contributed by atoms with Gasteiger partial charge >= 0.3 is 0 Å². The predicted octanol–water partition coefficient (Wildman–Crippen LogP) is 3.02. The third-order valence-corrected chi connectivity index (χ3v) is 4.75. The zero-order valence-corrected chi connectivity index (χ0v) is 10.8. The van der Waals surface area contributed by atoms with Crippen LogP contribution in [0, 0.1) is 11.3 Å². The molecule has 1 fully saturated rings. The fourth-order valence-electron chi connectivity index (χ4n) is 3.86. The van der Waals surface area contributed by atoms with Crippen LogP contribution in [0.2, 0.25) is 0 Å². The number of fused-ring (bicyclic) bond motifs is 2. The summed E-state index contributed by atoms with van der Waals surface area (Å²) < 4.78 is 0. The minimum absolute atomic E-state index is 0.252. The molecule has 1 saturated carbocycles. The Balaban J connectivity index is 2.27. The molecule has 0 aromatic rings. The van der Waals surface area contributed by atoms with Gasteiger partial charge in [0.25, 0.3) is 0 Å². The average Bonchev–Trinajstić information content (AvgIpc) is 2.62. The van der Waals surface area contributed by atoms with Crippen LogP contribution in [0.1, 0.15) is 46.0 Å². The van der Waals surface area contributed by atoms with Crippen LogP contribution in [0.5, 0.6) is 0 Å². The van der Waals surface area contributed by atoms with Crippen molar-refractivity contribution in [1.82, 2.24) is 0 Å². The summed E-state index contributed by atoms with van der Waals surface area (Å²) in [4.78, 5) is 10.9. The Bertz CT molecular complexity index is 382. The highest BCUT2D eigenvalue weighted by Gasteiger charge is 2.61. The molecular weight excluding hydrogens is 212 g/mol. The van der Waals surface area contributed by atoms with Crippen LogP contribution in [0.4, 0.5) is 0 Å². The minimum Gasteiger partial charge on any atom is -0.388 e. The van der Waals surface area contributed by atoms with Crippen molar-refractivity contribution in [1.29, 1.82) is 0 Å². The van der Waals surface area contributed by atoms with Crippen LogP contribution in [0.15, 0.2) is 23.8 Å². The fourth-order valence-corrected chi connectivity index (χ4v) is 3.86. The third kappa shape index (κ3) is 1.70. The van der Waals surface area contributed by atoms with Crippen LogP contribution in [-0.2, 0) is 4.79 Å². The van der Waals surface area contributed by atoms with Gasteiger partial charge in [0.1, 0.15) is 6.29 Å². The van der Waals surface area contributed by atoms with Crippen LogP contribution >= 0.6 is 0 Å². The molecule has 2 bridgehead atoms. The number of aldehydes is 1. The Kier molecular flexibility index (Phi) is 3.03. The number of hydrogen-bond donors (Lipinski definition) is 1. The summed E-state index contributed by atoms with van der Waals surface area (Å²) >= 11 is 0. The summed E-state index contributed by atoms with van der Waals surface area (Å²) in [6.45, 7) is 7.99. The maximum absolute atomic E-state index is 11.0. The first-order valence-electron chi connectivity index (χ1n) is 6.45. The summed E-state index contributed by atoms with van der Waals surface area (Å²) in [5.74, 6) is 0.252.